The molecule has 0 aliphatic carbocycles. The normalized spacial score (nSPS) is 12.0. The van der Waals surface area contributed by atoms with Gasteiger partial charge in [-0.25, -0.2) is 0 Å². The minimum absolute atomic E-state index is 0.258. The van der Waals surface area contributed by atoms with Crippen molar-refractivity contribution >= 4 is 87.8 Å². The maximum atomic E-state index is 5.32. The van der Waals surface area contributed by atoms with Gasteiger partial charge in [0.25, 0.3) is 0 Å². The zero-order chi connectivity index (χ0) is 29.5. The van der Waals surface area contributed by atoms with Crippen LogP contribution in [0.4, 0.5) is 0 Å². The van der Waals surface area contributed by atoms with Crippen LogP contribution in [-0.2, 0) is 0 Å². The molecule has 45 heavy (non-hydrogen) atoms. The van der Waals surface area contributed by atoms with Crippen LogP contribution < -0.4 is 0 Å². The molecule has 0 bridgehead atoms. The van der Waals surface area contributed by atoms with Crippen molar-refractivity contribution in [2.45, 2.75) is 0 Å². The molecule has 0 radical (unpaired) electrons. The van der Waals surface area contributed by atoms with Gasteiger partial charge in [0.15, 0.2) is 0 Å². The van der Waals surface area contributed by atoms with Crippen LogP contribution in [0.3, 0.4) is 0 Å². The summed E-state index contributed by atoms with van der Waals surface area (Å²) in [5.74, 6) is 0.748. The number of benzene rings is 8. The van der Waals surface area contributed by atoms with E-state index in [0.29, 0.717) is 0 Å². The Morgan fingerprint density at radius 2 is 1.07 bits per heavy atom. The molecule has 2 heterocycles. The summed E-state index contributed by atoms with van der Waals surface area (Å²) in [5, 5.41) is 14.1. The predicted octanol–water partition coefficient (Wildman–Crippen LogP) is 10.9. The van der Waals surface area contributed by atoms with Crippen LogP contribution in [0.2, 0.25) is 0 Å². The number of rotatable bonds is 2. The van der Waals surface area contributed by atoms with Gasteiger partial charge >= 0.3 is 242 Å². The first-order chi connectivity index (χ1) is 22.3. The summed E-state index contributed by atoms with van der Waals surface area (Å²) < 4.78 is 2.96. The van der Waals surface area contributed by atoms with Gasteiger partial charge < -0.3 is 0 Å². The fourth-order valence-electron chi connectivity index (χ4n) is 7.19. The first-order valence-corrected chi connectivity index (χ1v) is 17.0. The fourth-order valence-corrected chi connectivity index (χ4v) is 9.85. The van der Waals surface area contributed by atoms with Gasteiger partial charge in [-0.3, -0.25) is 0 Å². The third-order valence-corrected chi connectivity index (χ3v) is 11.8. The molecule has 8 aromatic carbocycles. The van der Waals surface area contributed by atoms with Gasteiger partial charge in [-0.05, 0) is 0 Å². The van der Waals surface area contributed by atoms with E-state index in [9.17, 15) is 0 Å². The van der Waals surface area contributed by atoms with Crippen LogP contribution in [0.1, 0.15) is 0 Å². The van der Waals surface area contributed by atoms with Gasteiger partial charge in [0.2, 0.25) is 0 Å². The molecule has 0 unspecified atom stereocenters. The standard InChI is InChI=1S/C42H24N2Se/c1-2-11-26(12-3-1)40-39-28-13-5-4-10-25(28)19-23-36(39)43-42(44-40)27-18-20-33-35(24-27)30-15-7-6-14-29(30)32-21-22-34-31-16-8-9-17-37(31)45-41(34)38(32)33/h1-24H. The molecule has 0 aliphatic rings. The summed E-state index contributed by atoms with van der Waals surface area (Å²) in [7, 11) is 0. The predicted molar refractivity (Wildman–Crippen MR) is 192 cm³/mol. The molecule has 3 heteroatoms. The molecule has 0 spiro atoms. The zero-order valence-electron chi connectivity index (χ0n) is 24.2. The van der Waals surface area contributed by atoms with Crippen LogP contribution in [0.15, 0.2) is 146 Å². The monoisotopic (exact) mass is 636 g/mol. The molecule has 0 atom stereocenters. The zero-order valence-corrected chi connectivity index (χ0v) is 25.9. The number of hydrogen-bond donors (Lipinski definition) is 0. The summed E-state index contributed by atoms with van der Waals surface area (Å²) in [4.78, 5) is 10.5. The third-order valence-electron chi connectivity index (χ3n) is 9.24. The van der Waals surface area contributed by atoms with E-state index in [1.807, 2.05) is 0 Å². The Balaban J connectivity index is 1.30. The first kappa shape index (κ1) is 25.0. The second kappa shape index (κ2) is 9.58. The summed E-state index contributed by atoms with van der Waals surface area (Å²) >= 11 is 0.258. The van der Waals surface area contributed by atoms with Gasteiger partial charge in [-0.15, -0.1) is 0 Å². The Kier molecular flexibility index (Phi) is 5.33. The molecule has 0 amide bonds. The van der Waals surface area contributed by atoms with E-state index >= 15 is 0 Å². The third kappa shape index (κ3) is 3.69. The average Bonchev–Trinajstić information content (AvgIpc) is 3.50. The molecule has 208 valence electrons. The van der Waals surface area contributed by atoms with Crippen LogP contribution in [0.25, 0.3) is 95.9 Å². The molecule has 0 aliphatic heterocycles. The topological polar surface area (TPSA) is 25.8 Å². The average molecular weight is 636 g/mol. The molecule has 0 N–H and O–H groups in total. The Bertz CT molecular complexity index is 2810. The summed E-state index contributed by atoms with van der Waals surface area (Å²) in [5.41, 5.74) is 4.05. The van der Waals surface area contributed by atoms with Gasteiger partial charge in [0, 0.05) is 0 Å². The fraction of sp³-hybridized carbons (Fsp3) is 0. The van der Waals surface area contributed by atoms with E-state index in [1.54, 1.807) is 0 Å². The SMILES string of the molecule is c1ccc(-c2nc(-c3ccc4c(c3)c3ccccc3c3ccc5c6ccccc6[se]c5c34)nc3ccc4ccccc4c23)cc1. The second-order valence-corrected chi connectivity index (χ2v) is 13.9. The molecule has 0 fully saturated rings. The molecule has 2 aromatic heterocycles. The quantitative estimate of drug-likeness (QED) is 0.140. The summed E-state index contributed by atoms with van der Waals surface area (Å²) in [6.07, 6.45) is 0. The van der Waals surface area contributed by atoms with Crippen molar-refractivity contribution in [1.82, 2.24) is 9.97 Å². The van der Waals surface area contributed by atoms with Gasteiger partial charge in [0.05, 0.1) is 0 Å². The van der Waals surface area contributed by atoms with Crippen molar-refractivity contribution in [3.05, 3.63) is 146 Å². The molecular weight excluding hydrogens is 611 g/mol. The summed E-state index contributed by atoms with van der Waals surface area (Å²) in [6.45, 7) is 0. The number of aromatic nitrogens is 2. The van der Waals surface area contributed by atoms with Gasteiger partial charge in [-0.2, -0.15) is 0 Å². The Labute approximate surface area is 265 Å². The van der Waals surface area contributed by atoms with Crippen molar-refractivity contribution in [2.75, 3.05) is 0 Å². The maximum absolute atomic E-state index is 5.32. The Morgan fingerprint density at radius 3 is 1.93 bits per heavy atom. The van der Waals surface area contributed by atoms with Gasteiger partial charge in [0.1, 0.15) is 0 Å². The van der Waals surface area contributed by atoms with Gasteiger partial charge in [-0.1, -0.05) is 24.3 Å². The molecule has 2 nitrogen and oxygen atoms in total. The Morgan fingerprint density at radius 1 is 0.400 bits per heavy atom. The first-order valence-electron chi connectivity index (χ1n) is 15.3. The molecule has 10 aromatic rings. The minimum atomic E-state index is 0.258. The van der Waals surface area contributed by atoms with Crippen molar-refractivity contribution in [3.63, 3.8) is 0 Å². The van der Waals surface area contributed by atoms with Crippen molar-refractivity contribution in [3.8, 4) is 22.6 Å². The summed E-state index contributed by atoms with van der Waals surface area (Å²) in [6, 6.07) is 52.6. The van der Waals surface area contributed by atoms with Crippen molar-refractivity contribution in [2.24, 2.45) is 0 Å². The Hall–Kier alpha value is -5.34. The van der Waals surface area contributed by atoms with E-state index in [0.717, 1.165) is 33.5 Å². The van der Waals surface area contributed by atoms with Crippen LogP contribution in [0.5, 0.6) is 0 Å². The van der Waals surface area contributed by atoms with Crippen molar-refractivity contribution in [1.29, 1.82) is 0 Å². The van der Waals surface area contributed by atoms with Crippen molar-refractivity contribution < 1.29 is 0 Å². The van der Waals surface area contributed by atoms with Crippen LogP contribution in [-0.4, -0.2) is 24.5 Å². The number of nitrogens with zero attached hydrogens (tertiary/aromatic N) is 2. The molecule has 0 saturated carbocycles. The number of hydrogen-bond acceptors (Lipinski definition) is 2. The van der Waals surface area contributed by atoms with E-state index in [2.05, 4.69) is 146 Å². The van der Waals surface area contributed by atoms with Crippen LogP contribution in [0, 0.1) is 0 Å². The van der Waals surface area contributed by atoms with Crippen LogP contribution >= 0.6 is 0 Å². The van der Waals surface area contributed by atoms with E-state index in [-0.39, 0.29) is 14.5 Å². The molecular formula is C42H24N2Se. The number of fused-ring (bicyclic) bond motifs is 13. The second-order valence-electron chi connectivity index (χ2n) is 11.7. The van der Waals surface area contributed by atoms with E-state index in [4.69, 9.17) is 9.97 Å². The van der Waals surface area contributed by atoms with E-state index < -0.39 is 0 Å². The molecule has 0 saturated heterocycles. The molecule has 10 rings (SSSR count). The van der Waals surface area contributed by atoms with E-state index in [1.165, 1.54) is 62.4 Å².